The summed E-state index contributed by atoms with van der Waals surface area (Å²) in [5.74, 6) is -4.10. The fourth-order valence-electron chi connectivity index (χ4n) is 4.24. The minimum absolute atomic E-state index is 0.134. The fraction of sp³-hybridized carbons (Fsp3) is 0.688. The molecule has 130 valence electrons. The average molecular weight is 338 g/mol. The van der Waals surface area contributed by atoms with Crippen molar-refractivity contribution >= 4 is 11.9 Å². The Hall–Kier alpha value is -1.99. The molecule has 0 bridgehead atoms. The Morgan fingerprint density at radius 1 is 1.29 bits per heavy atom. The van der Waals surface area contributed by atoms with Gasteiger partial charge in [-0.1, -0.05) is 0 Å². The zero-order chi connectivity index (χ0) is 17.1. The molecule has 1 aromatic heterocycles. The molecule has 1 aliphatic heterocycles. The van der Waals surface area contributed by atoms with E-state index in [1.54, 1.807) is 11.8 Å². The summed E-state index contributed by atoms with van der Waals surface area (Å²) < 4.78 is 27.1. The summed E-state index contributed by atoms with van der Waals surface area (Å²) in [5.41, 5.74) is 0.434. The van der Waals surface area contributed by atoms with Crippen LogP contribution in [0.5, 0.6) is 0 Å². The lowest BCUT2D eigenvalue weighted by Gasteiger charge is -2.36. The van der Waals surface area contributed by atoms with Gasteiger partial charge in [0.05, 0.1) is 0 Å². The van der Waals surface area contributed by atoms with Crippen LogP contribution in [0, 0.1) is 24.7 Å². The molecule has 4 rings (SSSR count). The number of aryl methyl sites for hydroxylation is 1. The maximum atomic E-state index is 13.6. The monoisotopic (exact) mass is 338 g/mol. The minimum Gasteiger partial charge on any atom is -0.339 e. The number of fused-ring (bicyclic) bond motifs is 1. The maximum absolute atomic E-state index is 13.6. The summed E-state index contributed by atoms with van der Waals surface area (Å²) in [6.07, 6.45) is 1.04. The largest absolute Gasteiger partial charge is 0.339 e. The van der Waals surface area contributed by atoms with Crippen molar-refractivity contribution in [1.29, 1.82) is 0 Å². The summed E-state index contributed by atoms with van der Waals surface area (Å²) in [6.45, 7) is 3.77. The Kier molecular flexibility index (Phi) is 3.40. The fourth-order valence-corrected chi connectivity index (χ4v) is 4.24. The lowest BCUT2D eigenvalue weighted by Crippen LogP contribution is -2.51. The second-order valence-electron chi connectivity index (χ2n) is 7.01. The van der Waals surface area contributed by atoms with Gasteiger partial charge in [0.2, 0.25) is 11.9 Å². The van der Waals surface area contributed by atoms with Gasteiger partial charge in [-0.15, -0.1) is 0 Å². The molecule has 1 amide bonds. The number of nitrogens with zero attached hydrogens (tertiary/aromatic N) is 3. The normalized spacial score (nSPS) is 31.0. The minimum atomic E-state index is -2.63. The molecule has 1 aromatic rings. The molecule has 3 atom stereocenters. The van der Waals surface area contributed by atoms with E-state index < -0.39 is 23.7 Å². The smallest absolute Gasteiger partial charge is 0.255 e. The topological polar surface area (TPSA) is 69.3 Å². The van der Waals surface area contributed by atoms with E-state index in [1.807, 2.05) is 4.90 Å². The number of alkyl halides is 2. The molecule has 2 saturated carbocycles. The van der Waals surface area contributed by atoms with Crippen molar-refractivity contribution in [2.45, 2.75) is 25.7 Å². The third-order valence-corrected chi connectivity index (χ3v) is 5.55. The van der Waals surface area contributed by atoms with Crippen LogP contribution in [0.3, 0.4) is 0 Å². The van der Waals surface area contributed by atoms with E-state index in [4.69, 9.17) is 0 Å². The first kappa shape index (κ1) is 15.5. The van der Waals surface area contributed by atoms with E-state index in [1.165, 1.54) is 6.07 Å². The second-order valence-corrected chi connectivity index (χ2v) is 7.01. The van der Waals surface area contributed by atoms with E-state index in [0.29, 0.717) is 50.7 Å². The van der Waals surface area contributed by atoms with E-state index in [0.717, 1.165) is 0 Å². The molecule has 3 unspecified atom stereocenters. The van der Waals surface area contributed by atoms with Crippen molar-refractivity contribution in [3.63, 3.8) is 0 Å². The summed E-state index contributed by atoms with van der Waals surface area (Å²) in [5, 5.41) is 0. The predicted molar refractivity (Wildman–Crippen MR) is 83.0 cm³/mol. The average Bonchev–Trinajstić information content (AvgIpc) is 2.90. The van der Waals surface area contributed by atoms with Crippen LogP contribution in [-0.2, 0) is 4.79 Å². The van der Waals surface area contributed by atoms with E-state index in [9.17, 15) is 18.4 Å². The van der Waals surface area contributed by atoms with Gasteiger partial charge in [-0.05, 0) is 19.8 Å². The molecule has 0 spiro atoms. The first-order chi connectivity index (χ1) is 11.4. The quantitative estimate of drug-likeness (QED) is 0.874. The van der Waals surface area contributed by atoms with Crippen LogP contribution in [0.15, 0.2) is 10.9 Å². The van der Waals surface area contributed by atoms with Gasteiger partial charge >= 0.3 is 0 Å². The van der Waals surface area contributed by atoms with Crippen LogP contribution >= 0.6 is 0 Å². The third-order valence-electron chi connectivity index (χ3n) is 5.55. The number of piperazine rings is 1. The SMILES string of the molecule is Cc1cc(=O)[nH]c(N2CCN(C(=O)C3CCC4C3C4(F)F)CC2)n1. The van der Waals surface area contributed by atoms with Gasteiger partial charge < -0.3 is 9.80 Å². The molecule has 24 heavy (non-hydrogen) atoms. The van der Waals surface area contributed by atoms with Gasteiger partial charge in [0, 0.05) is 55.7 Å². The Morgan fingerprint density at radius 2 is 2.00 bits per heavy atom. The van der Waals surface area contributed by atoms with Gasteiger partial charge in [-0.25, -0.2) is 13.8 Å². The third kappa shape index (κ3) is 2.39. The van der Waals surface area contributed by atoms with Crippen LogP contribution in [-0.4, -0.2) is 52.9 Å². The Bertz CT molecular complexity index is 727. The van der Waals surface area contributed by atoms with Crippen LogP contribution in [0.4, 0.5) is 14.7 Å². The second kappa shape index (κ2) is 5.26. The number of aromatic amines is 1. The zero-order valence-corrected chi connectivity index (χ0v) is 13.5. The number of hydrogen-bond donors (Lipinski definition) is 1. The molecule has 3 fully saturated rings. The Labute approximate surface area is 137 Å². The van der Waals surface area contributed by atoms with Crippen molar-refractivity contribution in [1.82, 2.24) is 14.9 Å². The number of carbonyl (C=O) groups is 1. The van der Waals surface area contributed by atoms with Crippen molar-refractivity contribution < 1.29 is 13.6 Å². The highest BCUT2D eigenvalue weighted by molar-refractivity contribution is 5.80. The summed E-state index contributed by atoms with van der Waals surface area (Å²) in [7, 11) is 0. The Balaban J connectivity index is 1.39. The van der Waals surface area contributed by atoms with Crippen LogP contribution < -0.4 is 10.5 Å². The molecular formula is C16H20F2N4O2. The zero-order valence-electron chi connectivity index (χ0n) is 13.5. The number of nitrogens with one attached hydrogen (secondary N) is 1. The molecule has 1 saturated heterocycles. The standard InChI is InChI=1S/C16H20F2N4O2/c1-9-8-12(23)20-15(19-9)22-6-4-21(5-7-22)14(24)10-2-3-11-13(10)16(11,17)18/h8,10-11,13H,2-7H2,1H3,(H,19,20,23). The highest BCUT2D eigenvalue weighted by Crippen LogP contribution is 2.66. The van der Waals surface area contributed by atoms with E-state index in [-0.39, 0.29) is 11.5 Å². The molecule has 1 N–H and O–H groups in total. The highest BCUT2D eigenvalue weighted by atomic mass is 19.3. The number of anilines is 1. The number of amides is 1. The molecule has 2 aliphatic carbocycles. The summed E-state index contributed by atoms with van der Waals surface area (Å²) in [4.78, 5) is 34.7. The van der Waals surface area contributed by atoms with Gasteiger partial charge in [-0.2, -0.15) is 0 Å². The first-order valence-corrected chi connectivity index (χ1v) is 8.37. The number of carbonyl (C=O) groups excluding carboxylic acids is 1. The van der Waals surface area contributed by atoms with Crippen LogP contribution in [0.2, 0.25) is 0 Å². The van der Waals surface area contributed by atoms with Crippen molar-refractivity contribution in [2.24, 2.45) is 17.8 Å². The lowest BCUT2D eigenvalue weighted by atomic mass is 10.0. The van der Waals surface area contributed by atoms with Crippen molar-refractivity contribution in [3.05, 3.63) is 22.1 Å². The number of halogens is 2. The Morgan fingerprint density at radius 3 is 2.58 bits per heavy atom. The molecule has 3 aliphatic rings. The van der Waals surface area contributed by atoms with Gasteiger partial charge in [0.1, 0.15) is 0 Å². The molecule has 2 heterocycles. The van der Waals surface area contributed by atoms with Crippen molar-refractivity contribution in [2.75, 3.05) is 31.1 Å². The van der Waals surface area contributed by atoms with Crippen LogP contribution in [0.25, 0.3) is 0 Å². The van der Waals surface area contributed by atoms with Gasteiger partial charge in [-0.3, -0.25) is 14.6 Å². The van der Waals surface area contributed by atoms with Crippen molar-refractivity contribution in [3.8, 4) is 0 Å². The first-order valence-electron chi connectivity index (χ1n) is 8.37. The van der Waals surface area contributed by atoms with Gasteiger partial charge in [0.15, 0.2) is 0 Å². The number of hydrogen-bond acceptors (Lipinski definition) is 4. The number of rotatable bonds is 2. The number of aromatic nitrogens is 2. The van der Waals surface area contributed by atoms with Gasteiger partial charge in [0.25, 0.3) is 11.5 Å². The maximum Gasteiger partial charge on any atom is 0.255 e. The van der Waals surface area contributed by atoms with E-state index >= 15 is 0 Å². The molecular weight excluding hydrogens is 318 g/mol. The summed E-state index contributed by atoms with van der Waals surface area (Å²) >= 11 is 0. The molecule has 0 radical (unpaired) electrons. The van der Waals surface area contributed by atoms with E-state index in [2.05, 4.69) is 9.97 Å². The highest BCUT2D eigenvalue weighted by Gasteiger charge is 2.74. The predicted octanol–water partition coefficient (Wildman–Crippen LogP) is 1.02. The molecule has 6 nitrogen and oxygen atoms in total. The van der Waals surface area contributed by atoms with Crippen LogP contribution in [0.1, 0.15) is 18.5 Å². The lowest BCUT2D eigenvalue weighted by molar-refractivity contribution is -0.137. The molecule has 8 heteroatoms. The number of H-pyrrole nitrogens is 1. The summed E-state index contributed by atoms with van der Waals surface area (Å²) in [6, 6.07) is 1.43. The molecule has 0 aromatic carbocycles.